The van der Waals surface area contributed by atoms with Crippen LogP contribution < -0.4 is 0 Å². The smallest absolute Gasteiger partial charge is 0.243 e. The molecule has 6 heteroatoms. The van der Waals surface area contributed by atoms with Gasteiger partial charge in [0.15, 0.2) is 0 Å². The van der Waals surface area contributed by atoms with Crippen LogP contribution in [-0.2, 0) is 14.8 Å². The molecule has 1 aromatic carbocycles. The minimum atomic E-state index is -3.61. The number of aryl methyl sites for hydroxylation is 1. The highest BCUT2D eigenvalue weighted by molar-refractivity contribution is 7.89. The number of sulfonamides is 1. The van der Waals surface area contributed by atoms with E-state index in [4.69, 9.17) is 11.6 Å². The molecule has 4 atom stereocenters. The molecule has 3 rings (SSSR count). The quantitative estimate of drug-likeness (QED) is 0.783. The van der Waals surface area contributed by atoms with Crippen LogP contribution in [0.1, 0.15) is 38.2 Å². The van der Waals surface area contributed by atoms with E-state index in [0.717, 1.165) is 18.4 Å². The molecule has 0 saturated carbocycles. The van der Waals surface area contributed by atoms with Crippen LogP contribution in [0.2, 0.25) is 0 Å². The van der Waals surface area contributed by atoms with Crippen LogP contribution in [0.3, 0.4) is 0 Å². The van der Waals surface area contributed by atoms with Crippen LogP contribution in [0, 0.1) is 12.8 Å². The lowest BCUT2D eigenvalue weighted by Gasteiger charge is -2.31. The highest BCUT2D eigenvalue weighted by Gasteiger charge is 2.50. The Morgan fingerprint density at radius 2 is 1.74 bits per heavy atom. The van der Waals surface area contributed by atoms with Gasteiger partial charge in [-0.05, 0) is 51.7 Å². The number of hydrogen-bond acceptors (Lipinski definition) is 3. The van der Waals surface area contributed by atoms with Crippen molar-refractivity contribution >= 4 is 27.4 Å². The highest BCUT2D eigenvalue weighted by atomic mass is 35.5. The molecule has 0 spiro atoms. The number of fused-ring (bicyclic) bond motifs is 2. The van der Waals surface area contributed by atoms with Gasteiger partial charge in [-0.3, -0.25) is 4.79 Å². The molecule has 23 heavy (non-hydrogen) atoms. The zero-order valence-electron chi connectivity index (χ0n) is 13.4. The maximum absolute atomic E-state index is 13.2. The fraction of sp³-hybridized carbons (Fsp3) is 0.588. The van der Waals surface area contributed by atoms with Gasteiger partial charge in [-0.15, -0.1) is 11.6 Å². The van der Waals surface area contributed by atoms with E-state index in [1.54, 1.807) is 28.6 Å². The Labute approximate surface area is 142 Å². The van der Waals surface area contributed by atoms with Crippen LogP contribution in [0.5, 0.6) is 0 Å². The first kappa shape index (κ1) is 16.9. The van der Waals surface area contributed by atoms with E-state index in [1.807, 2.05) is 6.92 Å². The topological polar surface area (TPSA) is 54.5 Å². The Bertz CT molecular complexity index is 701. The van der Waals surface area contributed by atoms with Crippen LogP contribution in [-0.4, -0.2) is 36.0 Å². The zero-order valence-corrected chi connectivity index (χ0v) is 15.0. The predicted molar refractivity (Wildman–Crippen MR) is 90.1 cm³/mol. The van der Waals surface area contributed by atoms with Crippen LogP contribution in [0.4, 0.5) is 0 Å². The van der Waals surface area contributed by atoms with Gasteiger partial charge in [-0.1, -0.05) is 17.7 Å². The summed E-state index contributed by atoms with van der Waals surface area (Å²) in [4.78, 5) is 12.4. The van der Waals surface area contributed by atoms with E-state index >= 15 is 0 Å². The molecule has 2 fully saturated rings. The van der Waals surface area contributed by atoms with Crippen LogP contribution in [0.25, 0.3) is 0 Å². The minimum Gasteiger partial charge on any atom is -0.300 e. The number of nitrogens with zero attached hydrogens (tertiary/aromatic N) is 1. The highest BCUT2D eigenvalue weighted by Crippen LogP contribution is 2.43. The number of alkyl halides is 1. The van der Waals surface area contributed by atoms with E-state index in [9.17, 15) is 13.2 Å². The average Bonchev–Trinajstić information content (AvgIpc) is 2.82. The summed E-state index contributed by atoms with van der Waals surface area (Å²) in [7, 11) is -3.61. The number of carbonyl (C=O) groups excluding carboxylic acids is 1. The second-order valence-corrected chi connectivity index (χ2v) is 9.08. The van der Waals surface area contributed by atoms with E-state index in [1.165, 1.54) is 6.92 Å². The SMILES string of the molecule is CC(=O)C1C(Cl)CC[C@@H]2CC[C@H]1N2S(=O)(=O)c1ccc(C)cc1. The lowest BCUT2D eigenvalue weighted by Crippen LogP contribution is -2.46. The molecular weight excluding hydrogens is 334 g/mol. The molecule has 126 valence electrons. The van der Waals surface area contributed by atoms with Crippen molar-refractivity contribution in [1.29, 1.82) is 0 Å². The summed E-state index contributed by atoms with van der Waals surface area (Å²) in [5, 5.41) is -0.279. The number of hydrogen-bond donors (Lipinski definition) is 0. The third-order valence-corrected chi connectivity index (χ3v) is 7.61. The van der Waals surface area contributed by atoms with Gasteiger partial charge < -0.3 is 0 Å². The van der Waals surface area contributed by atoms with Gasteiger partial charge in [-0.2, -0.15) is 4.31 Å². The summed E-state index contributed by atoms with van der Waals surface area (Å²) >= 11 is 6.42. The molecule has 1 aromatic rings. The molecule has 0 aromatic heterocycles. The Morgan fingerprint density at radius 1 is 1.13 bits per heavy atom. The molecule has 2 unspecified atom stereocenters. The first-order valence-electron chi connectivity index (χ1n) is 8.07. The number of ketones is 1. The normalized spacial score (nSPS) is 31.8. The minimum absolute atomic E-state index is 0.0124. The Morgan fingerprint density at radius 3 is 2.35 bits per heavy atom. The number of carbonyl (C=O) groups is 1. The van der Waals surface area contributed by atoms with E-state index in [2.05, 4.69) is 0 Å². The van der Waals surface area contributed by atoms with E-state index < -0.39 is 15.9 Å². The fourth-order valence-corrected chi connectivity index (χ4v) is 6.39. The Kier molecular flexibility index (Phi) is 4.55. The third-order valence-electron chi connectivity index (χ3n) is 5.13. The van der Waals surface area contributed by atoms with Crippen molar-refractivity contribution < 1.29 is 13.2 Å². The monoisotopic (exact) mass is 355 g/mol. The lowest BCUT2D eigenvalue weighted by molar-refractivity contribution is -0.122. The molecule has 2 bridgehead atoms. The van der Waals surface area contributed by atoms with Gasteiger partial charge in [0.2, 0.25) is 10.0 Å². The molecule has 0 aliphatic carbocycles. The summed E-state index contributed by atoms with van der Waals surface area (Å²) in [6.45, 7) is 3.45. The largest absolute Gasteiger partial charge is 0.300 e. The van der Waals surface area contributed by atoms with Gasteiger partial charge in [0, 0.05) is 17.5 Å². The molecular formula is C17H22ClNO3S. The first-order valence-corrected chi connectivity index (χ1v) is 9.94. The van der Waals surface area contributed by atoms with Gasteiger partial charge in [0.25, 0.3) is 0 Å². The Balaban J connectivity index is 2.03. The molecule has 0 amide bonds. The molecule has 0 N–H and O–H groups in total. The van der Waals surface area contributed by atoms with E-state index in [0.29, 0.717) is 17.7 Å². The maximum atomic E-state index is 13.2. The fourth-order valence-electron chi connectivity index (χ4n) is 4.00. The van der Waals surface area contributed by atoms with Crippen molar-refractivity contribution in [1.82, 2.24) is 4.31 Å². The average molecular weight is 356 g/mol. The molecule has 2 aliphatic heterocycles. The summed E-state index contributed by atoms with van der Waals surface area (Å²) in [5.74, 6) is -0.425. The van der Waals surface area contributed by atoms with Gasteiger partial charge in [0.1, 0.15) is 5.78 Å². The number of benzene rings is 1. The van der Waals surface area contributed by atoms with E-state index in [-0.39, 0.29) is 23.2 Å². The lowest BCUT2D eigenvalue weighted by atomic mass is 9.87. The molecule has 0 radical (unpaired) electrons. The molecule has 2 heterocycles. The Hall–Kier alpha value is -0.910. The third kappa shape index (κ3) is 2.94. The molecule has 2 aliphatic rings. The summed E-state index contributed by atoms with van der Waals surface area (Å²) in [5.41, 5.74) is 1.02. The van der Waals surface area contributed by atoms with Crippen molar-refractivity contribution in [3.63, 3.8) is 0 Å². The standard InChI is InChI=1S/C17H22ClNO3S/c1-11-3-7-14(8-4-11)23(21,22)19-13-5-9-15(18)17(12(2)20)16(19)10-6-13/h3-4,7-8,13,15-17H,5-6,9-10H2,1-2H3/t13-,15?,16-,17?/m1/s1. The maximum Gasteiger partial charge on any atom is 0.243 e. The van der Waals surface area contributed by atoms with Crippen molar-refractivity contribution in [2.45, 2.75) is 61.9 Å². The second-order valence-electron chi connectivity index (χ2n) is 6.68. The van der Waals surface area contributed by atoms with Gasteiger partial charge >= 0.3 is 0 Å². The number of Topliss-reactive ketones (excluding diaryl/α,β-unsaturated/α-hetero) is 1. The zero-order chi connectivity index (χ0) is 16.8. The van der Waals surface area contributed by atoms with Crippen molar-refractivity contribution in [2.24, 2.45) is 5.92 Å². The molecule has 2 saturated heterocycles. The van der Waals surface area contributed by atoms with Gasteiger partial charge in [-0.25, -0.2) is 8.42 Å². The molecule has 4 nitrogen and oxygen atoms in total. The predicted octanol–water partition coefficient (Wildman–Crippen LogP) is 3.12. The summed E-state index contributed by atoms with van der Waals surface area (Å²) in [6.07, 6.45) is 2.93. The van der Waals surface area contributed by atoms with Gasteiger partial charge in [0.05, 0.1) is 10.8 Å². The van der Waals surface area contributed by atoms with Crippen molar-refractivity contribution in [3.05, 3.63) is 29.8 Å². The van der Waals surface area contributed by atoms with Crippen molar-refractivity contribution in [3.8, 4) is 0 Å². The first-order chi connectivity index (χ1) is 10.8. The van der Waals surface area contributed by atoms with Crippen LogP contribution in [0.15, 0.2) is 29.2 Å². The summed E-state index contributed by atoms with van der Waals surface area (Å²) in [6, 6.07) is 6.55. The number of rotatable bonds is 3. The second kappa shape index (κ2) is 6.19. The number of halogens is 1. The van der Waals surface area contributed by atoms with Crippen LogP contribution >= 0.6 is 11.6 Å². The summed E-state index contributed by atoms with van der Waals surface area (Å²) < 4.78 is 27.9. The van der Waals surface area contributed by atoms with Crippen molar-refractivity contribution in [2.75, 3.05) is 0 Å².